The maximum atomic E-state index is 5.88. The number of pyridine rings is 1. The van der Waals surface area contributed by atoms with E-state index in [1.165, 1.54) is 5.56 Å². The number of rotatable bonds is 4. The Kier molecular flexibility index (Phi) is 3.90. The molecule has 2 saturated heterocycles. The molecule has 2 aliphatic heterocycles. The summed E-state index contributed by atoms with van der Waals surface area (Å²) in [6, 6.07) is 4.05. The SMILES string of the molecule is Cc1ccnc(NCC(C)(C)C2COCC23OCCO3)c1. The molecule has 3 heterocycles. The molecule has 0 aliphatic carbocycles. The van der Waals surface area contributed by atoms with E-state index in [-0.39, 0.29) is 11.3 Å². The van der Waals surface area contributed by atoms with Crippen molar-refractivity contribution in [3.8, 4) is 0 Å². The Morgan fingerprint density at radius 3 is 2.86 bits per heavy atom. The van der Waals surface area contributed by atoms with Gasteiger partial charge in [-0.25, -0.2) is 4.98 Å². The van der Waals surface area contributed by atoms with Crippen molar-refractivity contribution in [3.05, 3.63) is 23.9 Å². The number of anilines is 1. The van der Waals surface area contributed by atoms with Gasteiger partial charge in [0.1, 0.15) is 12.4 Å². The summed E-state index contributed by atoms with van der Waals surface area (Å²) in [6.07, 6.45) is 1.83. The van der Waals surface area contributed by atoms with Crippen LogP contribution in [0.5, 0.6) is 0 Å². The van der Waals surface area contributed by atoms with Crippen LogP contribution in [0.2, 0.25) is 0 Å². The second-order valence-corrected chi connectivity index (χ2v) is 6.64. The van der Waals surface area contributed by atoms with Gasteiger partial charge in [0.15, 0.2) is 5.79 Å². The lowest BCUT2D eigenvalue weighted by Gasteiger charge is -2.39. The number of nitrogens with zero attached hydrogens (tertiary/aromatic N) is 1. The lowest BCUT2D eigenvalue weighted by atomic mass is 9.75. The highest BCUT2D eigenvalue weighted by atomic mass is 16.8. The average molecular weight is 292 g/mol. The first-order valence-corrected chi connectivity index (χ1v) is 7.54. The van der Waals surface area contributed by atoms with E-state index in [1.54, 1.807) is 0 Å². The minimum Gasteiger partial charge on any atom is -0.375 e. The first-order valence-electron chi connectivity index (χ1n) is 7.54. The summed E-state index contributed by atoms with van der Waals surface area (Å²) in [5.41, 5.74) is 1.18. The molecule has 1 atom stereocenters. The Hall–Kier alpha value is -1.17. The molecule has 5 nitrogen and oxygen atoms in total. The van der Waals surface area contributed by atoms with Gasteiger partial charge in [-0.1, -0.05) is 13.8 Å². The van der Waals surface area contributed by atoms with Crippen LogP contribution >= 0.6 is 0 Å². The van der Waals surface area contributed by atoms with Gasteiger partial charge in [-0.05, 0) is 30.0 Å². The first kappa shape index (κ1) is 14.8. The van der Waals surface area contributed by atoms with E-state index in [9.17, 15) is 0 Å². The Morgan fingerprint density at radius 2 is 2.14 bits per heavy atom. The first-order chi connectivity index (χ1) is 10.0. The molecule has 116 valence electrons. The zero-order valence-electron chi connectivity index (χ0n) is 13.0. The van der Waals surface area contributed by atoms with Gasteiger partial charge in [0.2, 0.25) is 0 Å². The van der Waals surface area contributed by atoms with Crippen LogP contribution in [0.1, 0.15) is 19.4 Å². The van der Waals surface area contributed by atoms with Crippen molar-refractivity contribution in [2.75, 3.05) is 38.3 Å². The lowest BCUT2D eigenvalue weighted by Crippen LogP contribution is -2.48. The van der Waals surface area contributed by atoms with E-state index >= 15 is 0 Å². The third-order valence-electron chi connectivity index (χ3n) is 4.48. The Bertz CT molecular complexity index is 493. The summed E-state index contributed by atoms with van der Waals surface area (Å²) < 4.78 is 17.4. The molecule has 1 aromatic heterocycles. The Balaban J connectivity index is 1.68. The van der Waals surface area contributed by atoms with Crippen LogP contribution in [-0.2, 0) is 14.2 Å². The second kappa shape index (κ2) is 5.55. The predicted molar refractivity (Wildman–Crippen MR) is 80.2 cm³/mol. The summed E-state index contributed by atoms with van der Waals surface area (Å²) >= 11 is 0. The van der Waals surface area contributed by atoms with Crippen LogP contribution in [0.25, 0.3) is 0 Å². The maximum absolute atomic E-state index is 5.88. The quantitative estimate of drug-likeness (QED) is 0.922. The van der Waals surface area contributed by atoms with Crippen molar-refractivity contribution in [2.45, 2.75) is 26.6 Å². The highest BCUT2D eigenvalue weighted by molar-refractivity contribution is 5.37. The number of hydrogen-bond acceptors (Lipinski definition) is 5. The number of aromatic nitrogens is 1. The van der Waals surface area contributed by atoms with Gasteiger partial charge in [-0.2, -0.15) is 0 Å². The molecule has 0 saturated carbocycles. The topological polar surface area (TPSA) is 52.6 Å². The molecular formula is C16H24N2O3. The van der Waals surface area contributed by atoms with E-state index < -0.39 is 5.79 Å². The smallest absolute Gasteiger partial charge is 0.197 e. The minimum atomic E-state index is -0.550. The zero-order valence-corrected chi connectivity index (χ0v) is 13.0. The maximum Gasteiger partial charge on any atom is 0.197 e. The van der Waals surface area contributed by atoms with Crippen molar-refractivity contribution in [2.24, 2.45) is 11.3 Å². The summed E-state index contributed by atoms with van der Waals surface area (Å²) in [7, 11) is 0. The summed E-state index contributed by atoms with van der Waals surface area (Å²) in [5, 5.41) is 3.43. The van der Waals surface area contributed by atoms with Crippen molar-refractivity contribution >= 4 is 5.82 Å². The monoisotopic (exact) mass is 292 g/mol. The fraction of sp³-hybridized carbons (Fsp3) is 0.688. The van der Waals surface area contributed by atoms with Crippen molar-refractivity contribution < 1.29 is 14.2 Å². The van der Waals surface area contributed by atoms with E-state index in [0.717, 1.165) is 12.4 Å². The van der Waals surface area contributed by atoms with Crippen LogP contribution in [0.15, 0.2) is 18.3 Å². The van der Waals surface area contributed by atoms with E-state index in [1.807, 2.05) is 12.3 Å². The molecule has 0 radical (unpaired) electrons. The van der Waals surface area contributed by atoms with Crippen molar-refractivity contribution in [1.82, 2.24) is 4.98 Å². The minimum absolute atomic E-state index is 0.0216. The van der Waals surface area contributed by atoms with Gasteiger partial charge < -0.3 is 19.5 Å². The molecule has 1 aromatic rings. The molecule has 1 N–H and O–H groups in total. The number of aryl methyl sites for hydroxylation is 1. The summed E-state index contributed by atoms with van der Waals surface area (Å²) in [6.45, 7) is 9.83. The third kappa shape index (κ3) is 2.91. The average Bonchev–Trinajstić information content (AvgIpc) is 3.08. The van der Waals surface area contributed by atoms with Gasteiger partial charge in [0, 0.05) is 18.7 Å². The third-order valence-corrected chi connectivity index (χ3v) is 4.48. The number of ether oxygens (including phenoxy) is 3. The molecule has 5 heteroatoms. The summed E-state index contributed by atoms with van der Waals surface area (Å²) in [4.78, 5) is 4.35. The Labute approximate surface area is 126 Å². The molecular weight excluding hydrogens is 268 g/mol. The van der Waals surface area contributed by atoms with E-state index in [2.05, 4.69) is 37.1 Å². The fourth-order valence-electron chi connectivity index (χ4n) is 3.20. The van der Waals surface area contributed by atoms with Gasteiger partial charge >= 0.3 is 0 Å². The largest absolute Gasteiger partial charge is 0.375 e. The van der Waals surface area contributed by atoms with Crippen LogP contribution < -0.4 is 5.32 Å². The fourth-order valence-corrected chi connectivity index (χ4v) is 3.20. The highest BCUT2D eigenvalue weighted by Gasteiger charge is 2.55. The number of nitrogens with one attached hydrogen (secondary N) is 1. The molecule has 0 aromatic carbocycles. The van der Waals surface area contributed by atoms with E-state index in [4.69, 9.17) is 14.2 Å². The van der Waals surface area contributed by atoms with Crippen molar-refractivity contribution in [3.63, 3.8) is 0 Å². The number of hydrogen-bond donors (Lipinski definition) is 1. The standard InChI is InChI=1S/C16H24N2O3/c1-12-4-5-17-14(8-12)18-10-15(2,3)13-9-19-11-16(13)20-6-7-21-16/h4-5,8,13H,6-7,9-11H2,1-3H3,(H,17,18). The molecule has 3 rings (SSSR count). The second-order valence-electron chi connectivity index (χ2n) is 6.64. The molecule has 1 unspecified atom stereocenters. The van der Waals surface area contributed by atoms with Gasteiger partial charge in [-0.15, -0.1) is 0 Å². The molecule has 2 fully saturated rings. The summed E-state index contributed by atoms with van der Waals surface area (Å²) in [5.74, 6) is 0.569. The Morgan fingerprint density at radius 1 is 1.38 bits per heavy atom. The predicted octanol–water partition coefficient (Wildman–Crippen LogP) is 2.22. The van der Waals surface area contributed by atoms with Crippen LogP contribution in [0, 0.1) is 18.3 Å². The van der Waals surface area contributed by atoms with Gasteiger partial charge in [0.05, 0.1) is 19.8 Å². The molecule has 1 spiro atoms. The zero-order chi connectivity index (χ0) is 14.9. The molecule has 2 aliphatic rings. The highest BCUT2D eigenvalue weighted by Crippen LogP contribution is 2.44. The lowest BCUT2D eigenvalue weighted by molar-refractivity contribution is -0.196. The molecule has 0 amide bonds. The van der Waals surface area contributed by atoms with Crippen LogP contribution in [0.4, 0.5) is 5.82 Å². The molecule has 0 bridgehead atoms. The van der Waals surface area contributed by atoms with Gasteiger partial charge in [0.25, 0.3) is 0 Å². The normalized spacial score (nSPS) is 24.6. The van der Waals surface area contributed by atoms with Gasteiger partial charge in [-0.3, -0.25) is 0 Å². The van der Waals surface area contributed by atoms with Crippen molar-refractivity contribution in [1.29, 1.82) is 0 Å². The van der Waals surface area contributed by atoms with Crippen LogP contribution in [-0.4, -0.2) is 43.7 Å². The van der Waals surface area contributed by atoms with E-state index in [0.29, 0.717) is 26.4 Å². The molecule has 21 heavy (non-hydrogen) atoms. The van der Waals surface area contributed by atoms with Crippen LogP contribution in [0.3, 0.4) is 0 Å².